The van der Waals surface area contributed by atoms with Crippen molar-refractivity contribution in [2.75, 3.05) is 12.8 Å². The fourth-order valence-corrected chi connectivity index (χ4v) is 4.18. The van der Waals surface area contributed by atoms with E-state index in [9.17, 15) is 13.2 Å². The minimum absolute atomic E-state index is 0.0975. The molecule has 2 aliphatic rings. The van der Waals surface area contributed by atoms with Crippen molar-refractivity contribution in [3.8, 4) is 0 Å². The summed E-state index contributed by atoms with van der Waals surface area (Å²) in [4.78, 5) is 11.8. The minimum atomic E-state index is -3.30. The summed E-state index contributed by atoms with van der Waals surface area (Å²) in [6, 6.07) is 0. The average Bonchev–Trinajstić information content (AvgIpc) is 2.30. The van der Waals surface area contributed by atoms with E-state index in [4.69, 9.17) is 0 Å². The summed E-state index contributed by atoms with van der Waals surface area (Å²) in [6.07, 6.45) is 4.46. The van der Waals surface area contributed by atoms with Gasteiger partial charge in [-0.2, -0.15) is 4.31 Å². The normalized spacial score (nSPS) is 31.1. The van der Waals surface area contributed by atoms with Gasteiger partial charge in [-0.1, -0.05) is 19.3 Å². The monoisotopic (exact) mass is 217 g/mol. The number of sulfonamides is 1. The third-order valence-electron chi connectivity index (χ3n) is 3.53. The highest BCUT2D eigenvalue weighted by atomic mass is 32.2. The average molecular weight is 217 g/mol. The zero-order chi connectivity index (χ0) is 10.4. The highest BCUT2D eigenvalue weighted by Gasteiger charge is 2.54. The number of carbonyl (C=O) groups is 1. The maximum atomic E-state index is 11.8. The van der Waals surface area contributed by atoms with Crippen LogP contribution in [0.5, 0.6) is 0 Å². The molecule has 1 saturated heterocycles. The lowest BCUT2D eigenvalue weighted by atomic mass is 9.79. The summed E-state index contributed by atoms with van der Waals surface area (Å²) in [6.45, 7) is 0. The Morgan fingerprint density at radius 1 is 1.21 bits per heavy atom. The van der Waals surface area contributed by atoms with Crippen molar-refractivity contribution >= 4 is 15.8 Å². The quantitative estimate of drug-likeness (QED) is 0.595. The first-order chi connectivity index (χ1) is 6.49. The summed E-state index contributed by atoms with van der Waals surface area (Å²) in [5.74, 6) is -0.386. The Morgan fingerprint density at radius 3 is 2.21 bits per heavy atom. The number of ketones is 1. The number of rotatable bonds is 0. The second kappa shape index (κ2) is 3.03. The molecule has 14 heavy (non-hydrogen) atoms. The third-order valence-corrected chi connectivity index (χ3v) is 5.34. The van der Waals surface area contributed by atoms with E-state index in [2.05, 4.69) is 0 Å². The fraction of sp³-hybridized carbons (Fsp3) is 0.889. The minimum Gasteiger partial charge on any atom is -0.296 e. The van der Waals surface area contributed by atoms with Crippen molar-refractivity contribution < 1.29 is 13.2 Å². The van der Waals surface area contributed by atoms with Crippen molar-refractivity contribution in [3.63, 3.8) is 0 Å². The molecule has 2 fully saturated rings. The predicted octanol–water partition coefficient (Wildman–Crippen LogP) is 0.534. The molecule has 2 rings (SSSR count). The number of hydrogen-bond acceptors (Lipinski definition) is 3. The largest absolute Gasteiger partial charge is 0.296 e. The molecule has 0 atom stereocenters. The SMILES string of the molecule is CN1C2(CCCCC2)C(=O)CS1(=O)=O. The van der Waals surface area contributed by atoms with Crippen LogP contribution in [0.1, 0.15) is 32.1 Å². The zero-order valence-corrected chi connectivity index (χ0v) is 9.14. The number of nitrogens with zero attached hydrogens (tertiary/aromatic N) is 1. The van der Waals surface area contributed by atoms with Crippen molar-refractivity contribution in [1.82, 2.24) is 4.31 Å². The number of Topliss-reactive ketones (excluding diaryl/α,β-unsaturated/α-hetero) is 1. The Bertz CT molecular complexity index is 354. The Kier molecular flexibility index (Phi) is 2.19. The van der Waals surface area contributed by atoms with Gasteiger partial charge in [0.15, 0.2) is 5.78 Å². The molecule has 0 N–H and O–H groups in total. The van der Waals surface area contributed by atoms with Crippen LogP contribution in [0.2, 0.25) is 0 Å². The van der Waals surface area contributed by atoms with Gasteiger partial charge >= 0.3 is 0 Å². The molecular formula is C9H15NO3S. The van der Waals surface area contributed by atoms with E-state index in [1.54, 1.807) is 7.05 Å². The van der Waals surface area contributed by atoms with Gasteiger partial charge in [0, 0.05) is 7.05 Å². The molecule has 0 aromatic heterocycles. The van der Waals surface area contributed by atoms with Gasteiger partial charge in [0.1, 0.15) is 5.75 Å². The molecular weight excluding hydrogens is 202 g/mol. The molecule has 1 aliphatic heterocycles. The molecule has 80 valence electrons. The van der Waals surface area contributed by atoms with Crippen LogP contribution in [-0.4, -0.2) is 36.8 Å². The van der Waals surface area contributed by atoms with Crippen LogP contribution >= 0.6 is 0 Å². The highest BCUT2D eigenvalue weighted by Crippen LogP contribution is 2.39. The van der Waals surface area contributed by atoms with Crippen LogP contribution in [0, 0.1) is 0 Å². The van der Waals surface area contributed by atoms with Gasteiger partial charge < -0.3 is 0 Å². The lowest BCUT2D eigenvalue weighted by molar-refractivity contribution is -0.125. The van der Waals surface area contributed by atoms with E-state index in [-0.39, 0.29) is 11.5 Å². The first kappa shape index (κ1) is 10.1. The summed E-state index contributed by atoms with van der Waals surface area (Å²) in [5, 5.41) is 0. The molecule has 0 amide bonds. The molecule has 0 aromatic rings. The Hall–Kier alpha value is -0.420. The van der Waals surface area contributed by atoms with E-state index in [0.29, 0.717) is 12.8 Å². The molecule has 0 bridgehead atoms. The zero-order valence-electron chi connectivity index (χ0n) is 8.32. The summed E-state index contributed by atoms with van der Waals surface area (Å²) in [5.41, 5.74) is -0.670. The number of carbonyl (C=O) groups excluding carboxylic acids is 1. The van der Waals surface area contributed by atoms with E-state index in [1.807, 2.05) is 0 Å². The molecule has 1 saturated carbocycles. The van der Waals surface area contributed by atoms with Crippen molar-refractivity contribution in [3.05, 3.63) is 0 Å². The van der Waals surface area contributed by atoms with Crippen LogP contribution in [-0.2, 0) is 14.8 Å². The molecule has 0 aromatic carbocycles. The van der Waals surface area contributed by atoms with Gasteiger partial charge in [0.25, 0.3) is 0 Å². The van der Waals surface area contributed by atoms with Crippen LogP contribution in [0.15, 0.2) is 0 Å². The second-order valence-corrected chi connectivity index (χ2v) is 6.24. The molecule has 1 spiro atoms. The van der Waals surface area contributed by atoms with Crippen LogP contribution in [0.4, 0.5) is 0 Å². The Balaban J connectivity index is 2.39. The van der Waals surface area contributed by atoms with Gasteiger partial charge in [-0.15, -0.1) is 0 Å². The van der Waals surface area contributed by atoms with E-state index >= 15 is 0 Å². The Morgan fingerprint density at radius 2 is 1.79 bits per heavy atom. The maximum Gasteiger partial charge on any atom is 0.221 e. The highest BCUT2D eigenvalue weighted by molar-refractivity contribution is 7.90. The standard InChI is InChI=1S/C9H15NO3S/c1-10-9(5-3-2-4-6-9)8(11)7-14(10,12)13/h2-7H2,1H3. The topological polar surface area (TPSA) is 54.5 Å². The number of hydrogen-bond donors (Lipinski definition) is 0. The predicted molar refractivity (Wildman–Crippen MR) is 52.4 cm³/mol. The molecule has 0 radical (unpaired) electrons. The molecule has 1 heterocycles. The van der Waals surface area contributed by atoms with E-state index < -0.39 is 15.6 Å². The second-order valence-electron chi connectivity index (χ2n) is 4.24. The van der Waals surface area contributed by atoms with Gasteiger partial charge in [-0.3, -0.25) is 4.79 Å². The summed E-state index contributed by atoms with van der Waals surface area (Å²) in [7, 11) is -1.75. The first-order valence-electron chi connectivity index (χ1n) is 4.99. The molecule has 1 aliphatic carbocycles. The smallest absolute Gasteiger partial charge is 0.221 e. The van der Waals surface area contributed by atoms with Crippen LogP contribution in [0.25, 0.3) is 0 Å². The lowest BCUT2D eigenvalue weighted by Gasteiger charge is -2.36. The third kappa shape index (κ3) is 1.22. The van der Waals surface area contributed by atoms with Crippen LogP contribution in [0.3, 0.4) is 0 Å². The van der Waals surface area contributed by atoms with Gasteiger partial charge in [-0.05, 0) is 12.8 Å². The van der Waals surface area contributed by atoms with E-state index in [0.717, 1.165) is 19.3 Å². The number of likely N-dealkylation sites (N-methyl/N-ethyl adjacent to an activating group) is 1. The van der Waals surface area contributed by atoms with Crippen LogP contribution < -0.4 is 0 Å². The molecule has 4 nitrogen and oxygen atoms in total. The lowest BCUT2D eigenvalue weighted by Crippen LogP contribution is -2.48. The molecule has 0 unspecified atom stereocenters. The van der Waals surface area contributed by atoms with E-state index in [1.165, 1.54) is 4.31 Å². The molecule has 5 heteroatoms. The fourth-order valence-electron chi connectivity index (χ4n) is 2.57. The Labute approximate surface area is 84.3 Å². The summed E-state index contributed by atoms with van der Waals surface area (Å²) >= 11 is 0. The maximum absolute atomic E-state index is 11.8. The van der Waals surface area contributed by atoms with Crippen molar-refractivity contribution in [2.45, 2.75) is 37.6 Å². The van der Waals surface area contributed by atoms with Gasteiger partial charge in [-0.25, -0.2) is 8.42 Å². The van der Waals surface area contributed by atoms with Gasteiger partial charge in [0.2, 0.25) is 10.0 Å². The van der Waals surface area contributed by atoms with Crippen molar-refractivity contribution in [2.24, 2.45) is 0 Å². The van der Waals surface area contributed by atoms with Gasteiger partial charge in [0.05, 0.1) is 5.54 Å². The summed E-state index contributed by atoms with van der Waals surface area (Å²) < 4.78 is 24.4. The van der Waals surface area contributed by atoms with Crippen molar-refractivity contribution in [1.29, 1.82) is 0 Å². The first-order valence-corrected chi connectivity index (χ1v) is 6.60.